The van der Waals surface area contributed by atoms with Gasteiger partial charge in [-0.1, -0.05) is 24.3 Å². The van der Waals surface area contributed by atoms with E-state index in [0.29, 0.717) is 26.7 Å². The molecule has 0 amide bonds. The number of rotatable bonds is 4. The number of alkyl halides is 3. The van der Waals surface area contributed by atoms with Gasteiger partial charge in [0.05, 0.1) is 28.9 Å². The van der Waals surface area contributed by atoms with Crippen molar-refractivity contribution in [2.24, 2.45) is 0 Å². The van der Waals surface area contributed by atoms with E-state index in [2.05, 4.69) is 10.1 Å². The van der Waals surface area contributed by atoms with Crippen molar-refractivity contribution in [3.05, 3.63) is 75.0 Å². The minimum absolute atomic E-state index is 0.105. The number of methoxy groups -OCH3 is 1. The van der Waals surface area contributed by atoms with E-state index in [-0.39, 0.29) is 12.1 Å². The van der Waals surface area contributed by atoms with E-state index in [0.717, 1.165) is 22.4 Å². The number of ether oxygens (including phenoxy) is 1. The van der Waals surface area contributed by atoms with Crippen LogP contribution in [0.3, 0.4) is 0 Å². The van der Waals surface area contributed by atoms with E-state index in [9.17, 15) is 18.0 Å². The minimum atomic E-state index is -4.46. The van der Waals surface area contributed by atoms with Crippen molar-refractivity contribution in [2.45, 2.75) is 19.6 Å². The standard InChI is InChI=1S/C21H16F3N3O2S/c1-12-25-18-19(30-12)17(14-6-4-8-16(10-14)29-2)26-27(20(18)28)11-13-5-3-7-15(9-13)21(22,23)24/h3-10H,11H2,1-2H3. The van der Waals surface area contributed by atoms with Crippen LogP contribution in [0.25, 0.3) is 21.5 Å². The molecular weight excluding hydrogens is 415 g/mol. The van der Waals surface area contributed by atoms with Crippen LogP contribution < -0.4 is 10.3 Å². The molecule has 9 heteroatoms. The van der Waals surface area contributed by atoms with Crippen LogP contribution in [0.5, 0.6) is 5.75 Å². The fourth-order valence-corrected chi connectivity index (χ4v) is 4.07. The first-order chi connectivity index (χ1) is 14.3. The lowest BCUT2D eigenvalue weighted by molar-refractivity contribution is -0.137. The van der Waals surface area contributed by atoms with Crippen molar-refractivity contribution in [3.8, 4) is 17.0 Å². The lowest BCUT2D eigenvalue weighted by Gasteiger charge is -2.11. The molecule has 154 valence electrons. The molecule has 0 saturated carbocycles. The fourth-order valence-electron chi connectivity index (χ4n) is 3.15. The molecular formula is C21H16F3N3O2S. The van der Waals surface area contributed by atoms with Crippen molar-refractivity contribution in [1.29, 1.82) is 0 Å². The van der Waals surface area contributed by atoms with E-state index in [4.69, 9.17) is 4.74 Å². The average Bonchev–Trinajstić information content (AvgIpc) is 3.11. The Bertz CT molecular complexity index is 1290. The number of hydrogen-bond acceptors (Lipinski definition) is 5. The molecule has 30 heavy (non-hydrogen) atoms. The lowest BCUT2D eigenvalue weighted by Crippen LogP contribution is -2.24. The first kappa shape index (κ1) is 20.1. The molecule has 0 aliphatic carbocycles. The van der Waals surface area contributed by atoms with Gasteiger partial charge in [0.2, 0.25) is 0 Å². The molecule has 0 fully saturated rings. The highest BCUT2D eigenvalue weighted by molar-refractivity contribution is 7.19. The summed E-state index contributed by atoms with van der Waals surface area (Å²) in [6.45, 7) is 1.68. The molecule has 0 atom stereocenters. The zero-order valence-electron chi connectivity index (χ0n) is 16.0. The second kappa shape index (κ2) is 7.56. The Morgan fingerprint density at radius 3 is 2.63 bits per heavy atom. The minimum Gasteiger partial charge on any atom is -0.497 e. The molecule has 2 aromatic carbocycles. The average molecular weight is 431 g/mol. The largest absolute Gasteiger partial charge is 0.497 e. The highest BCUT2D eigenvalue weighted by Crippen LogP contribution is 2.32. The third kappa shape index (κ3) is 3.80. The van der Waals surface area contributed by atoms with Gasteiger partial charge in [0.15, 0.2) is 5.52 Å². The monoisotopic (exact) mass is 431 g/mol. The van der Waals surface area contributed by atoms with Crippen molar-refractivity contribution < 1.29 is 17.9 Å². The van der Waals surface area contributed by atoms with Crippen LogP contribution in [-0.2, 0) is 12.7 Å². The van der Waals surface area contributed by atoms with E-state index in [1.165, 1.54) is 23.5 Å². The summed E-state index contributed by atoms with van der Waals surface area (Å²) in [4.78, 5) is 17.3. The Kier molecular flexibility index (Phi) is 5.07. The van der Waals surface area contributed by atoms with Crippen LogP contribution in [-0.4, -0.2) is 21.9 Å². The Labute approximate surface area is 173 Å². The normalized spacial score (nSPS) is 11.8. The maximum absolute atomic E-state index is 13.0. The number of benzene rings is 2. The molecule has 5 nitrogen and oxygen atoms in total. The van der Waals surface area contributed by atoms with Gasteiger partial charge < -0.3 is 4.74 Å². The summed E-state index contributed by atoms with van der Waals surface area (Å²) in [6.07, 6.45) is -4.46. The van der Waals surface area contributed by atoms with Gasteiger partial charge in [0.25, 0.3) is 5.56 Å². The summed E-state index contributed by atoms with van der Waals surface area (Å²) in [6, 6.07) is 12.1. The number of halogens is 3. The molecule has 0 aliphatic heterocycles. The predicted octanol–water partition coefficient (Wildman–Crippen LogP) is 4.90. The molecule has 2 heterocycles. The number of fused-ring (bicyclic) bond motifs is 1. The van der Waals surface area contributed by atoms with Gasteiger partial charge in [-0.2, -0.15) is 18.3 Å². The van der Waals surface area contributed by atoms with E-state index in [1.807, 2.05) is 6.07 Å². The number of aryl methyl sites for hydroxylation is 1. The Balaban J connectivity index is 1.87. The summed E-state index contributed by atoms with van der Waals surface area (Å²) < 4.78 is 46.2. The van der Waals surface area contributed by atoms with Crippen molar-refractivity contribution >= 4 is 21.6 Å². The first-order valence-electron chi connectivity index (χ1n) is 8.95. The summed E-state index contributed by atoms with van der Waals surface area (Å²) in [5, 5.41) is 5.18. The molecule has 4 aromatic rings. The fraction of sp³-hybridized carbons (Fsp3) is 0.190. The Hall–Kier alpha value is -3.20. The summed E-state index contributed by atoms with van der Waals surface area (Å²) in [5.41, 5.74) is 0.603. The molecule has 0 unspecified atom stereocenters. The predicted molar refractivity (Wildman–Crippen MR) is 109 cm³/mol. The maximum Gasteiger partial charge on any atom is 0.416 e. The Morgan fingerprint density at radius 2 is 1.90 bits per heavy atom. The van der Waals surface area contributed by atoms with E-state index >= 15 is 0 Å². The second-order valence-electron chi connectivity index (χ2n) is 6.65. The number of thiazole rings is 1. The second-order valence-corrected chi connectivity index (χ2v) is 7.86. The third-order valence-corrected chi connectivity index (χ3v) is 5.51. The van der Waals surface area contributed by atoms with Crippen molar-refractivity contribution in [2.75, 3.05) is 7.11 Å². The Morgan fingerprint density at radius 1 is 1.13 bits per heavy atom. The quantitative estimate of drug-likeness (QED) is 0.461. The molecule has 0 bridgehead atoms. The van der Waals surface area contributed by atoms with Crippen molar-refractivity contribution in [3.63, 3.8) is 0 Å². The maximum atomic E-state index is 13.0. The van der Waals surface area contributed by atoms with Gasteiger partial charge >= 0.3 is 6.18 Å². The summed E-state index contributed by atoms with van der Waals surface area (Å²) in [7, 11) is 1.55. The van der Waals surface area contributed by atoms with Gasteiger partial charge in [-0.3, -0.25) is 4.79 Å². The molecule has 2 aromatic heterocycles. The molecule has 4 rings (SSSR count). The first-order valence-corrected chi connectivity index (χ1v) is 9.77. The van der Waals surface area contributed by atoms with Crippen molar-refractivity contribution in [1.82, 2.24) is 14.8 Å². The van der Waals surface area contributed by atoms with Crippen LogP contribution in [0.4, 0.5) is 13.2 Å². The van der Waals surface area contributed by atoms with Gasteiger partial charge in [-0.15, -0.1) is 11.3 Å². The third-order valence-electron chi connectivity index (χ3n) is 4.54. The molecule has 0 saturated heterocycles. The molecule has 0 radical (unpaired) electrons. The van der Waals surface area contributed by atoms with E-state index in [1.54, 1.807) is 32.2 Å². The summed E-state index contributed by atoms with van der Waals surface area (Å²) in [5.74, 6) is 0.624. The topological polar surface area (TPSA) is 57.0 Å². The van der Waals surface area contributed by atoms with Gasteiger partial charge in [0, 0.05) is 5.56 Å². The van der Waals surface area contributed by atoms with Gasteiger partial charge in [-0.05, 0) is 36.8 Å². The zero-order chi connectivity index (χ0) is 21.5. The van der Waals surface area contributed by atoms with Crippen LogP contribution in [0.1, 0.15) is 16.1 Å². The zero-order valence-corrected chi connectivity index (χ0v) is 16.8. The highest BCUT2D eigenvalue weighted by atomic mass is 32.1. The smallest absolute Gasteiger partial charge is 0.416 e. The molecule has 0 N–H and O–H groups in total. The highest BCUT2D eigenvalue weighted by Gasteiger charge is 2.30. The number of hydrogen-bond donors (Lipinski definition) is 0. The SMILES string of the molecule is COc1cccc(-c2nn(Cc3cccc(C(F)(F)F)c3)c(=O)c3nc(C)sc23)c1. The molecule has 0 spiro atoms. The number of aromatic nitrogens is 3. The van der Waals surface area contributed by atoms with Crippen LogP contribution >= 0.6 is 11.3 Å². The van der Waals surface area contributed by atoms with E-state index < -0.39 is 17.3 Å². The summed E-state index contributed by atoms with van der Waals surface area (Å²) >= 11 is 1.35. The van der Waals surface area contributed by atoms with Crippen LogP contribution in [0.15, 0.2) is 53.3 Å². The van der Waals surface area contributed by atoms with Crippen LogP contribution in [0.2, 0.25) is 0 Å². The lowest BCUT2D eigenvalue weighted by atomic mass is 10.1. The number of nitrogens with zero attached hydrogens (tertiary/aromatic N) is 3. The van der Waals surface area contributed by atoms with Gasteiger partial charge in [0.1, 0.15) is 11.4 Å². The molecule has 0 aliphatic rings. The van der Waals surface area contributed by atoms with Crippen LogP contribution in [0, 0.1) is 6.92 Å². The van der Waals surface area contributed by atoms with Gasteiger partial charge in [-0.25, -0.2) is 9.67 Å².